The monoisotopic (exact) mass is 211 g/mol. The van der Waals surface area contributed by atoms with Gasteiger partial charge in [-0.25, -0.2) is 0 Å². The van der Waals surface area contributed by atoms with Gasteiger partial charge in [-0.15, -0.1) is 0 Å². The van der Waals surface area contributed by atoms with Crippen LogP contribution in [0, 0.1) is 5.41 Å². The molecule has 1 heterocycles. The lowest BCUT2D eigenvalue weighted by Crippen LogP contribution is -2.40. The van der Waals surface area contributed by atoms with E-state index in [4.69, 9.17) is 4.74 Å². The van der Waals surface area contributed by atoms with Gasteiger partial charge in [0.25, 0.3) is 0 Å². The van der Waals surface area contributed by atoms with Gasteiger partial charge in [-0.2, -0.15) is 0 Å². The van der Waals surface area contributed by atoms with Crippen LogP contribution in [0.4, 0.5) is 0 Å². The van der Waals surface area contributed by atoms with Crippen LogP contribution in [0.5, 0.6) is 0 Å². The highest BCUT2D eigenvalue weighted by atomic mass is 16.6. The van der Waals surface area contributed by atoms with Crippen molar-refractivity contribution in [1.29, 1.82) is 0 Å². The van der Waals surface area contributed by atoms with Crippen LogP contribution >= 0.6 is 0 Å². The van der Waals surface area contributed by atoms with Crippen LogP contribution in [0.3, 0.4) is 0 Å². The Bertz CT molecular complexity index is 265. The van der Waals surface area contributed by atoms with Gasteiger partial charge < -0.3 is 10.1 Å². The summed E-state index contributed by atoms with van der Waals surface area (Å²) in [6.45, 7) is 6.62. The molecule has 1 aliphatic heterocycles. The molecule has 0 aromatic rings. The first-order valence-electron chi connectivity index (χ1n) is 5.88. The Labute approximate surface area is 91.6 Å². The SMILES string of the molecule is CC(C)(C)OC(=O)C12CCCC(C1)NC2. The molecule has 86 valence electrons. The van der Waals surface area contributed by atoms with Gasteiger partial charge in [-0.1, -0.05) is 6.42 Å². The molecule has 1 saturated heterocycles. The number of ether oxygens (including phenoxy) is 1. The molecule has 0 aromatic carbocycles. The van der Waals surface area contributed by atoms with E-state index in [0.717, 1.165) is 25.8 Å². The van der Waals surface area contributed by atoms with Crippen LogP contribution in [-0.4, -0.2) is 24.2 Å². The fourth-order valence-electron chi connectivity index (χ4n) is 2.68. The minimum absolute atomic E-state index is 0.00435. The number of nitrogens with one attached hydrogen (secondary N) is 1. The number of fused-ring (bicyclic) bond motifs is 2. The molecule has 2 unspecified atom stereocenters. The Morgan fingerprint density at radius 1 is 1.47 bits per heavy atom. The third-order valence-electron chi connectivity index (χ3n) is 3.41. The van der Waals surface area contributed by atoms with Crippen molar-refractivity contribution in [3.63, 3.8) is 0 Å². The fourth-order valence-corrected chi connectivity index (χ4v) is 2.68. The molecule has 2 fully saturated rings. The number of carbonyl (C=O) groups excluding carboxylic acids is 1. The summed E-state index contributed by atoms with van der Waals surface area (Å²) < 4.78 is 5.52. The first-order valence-corrected chi connectivity index (χ1v) is 5.88. The van der Waals surface area contributed by atoms with Crippen molar-refractivity contribution in [2.24, 2.45) is 5.41 Å². The minimum atomic E-state index is -0.360. The van der Waals surface area contributed by atoms with Gasteiger partial charge >= 0.3 is 5.97 Å². The fraction of sp³-hybridized carbons (Fsp3) is 0.917. The highest BCUT2D eigenvalue weighted by molar-refractivity contribution is 5.78. The van der Waals surface area contributed by atoms with Crippen LogP contribution < -0.4 is 5.32 Å². The third-order valence-corrected chi connectivity index (χ3v) is 3.41. The largest absolute Gasteiger partial charge is 0.460 e. The number of hydrogen-bond donors (Lipinski definition) is 1. The average molecular weight is 211 g/mol. The summed E-state index contributed by atoms with van der Waals surface area (Å²) in [5, 5.41) is 3.43. The maximum absolute atomic E-state index is 12.1. The quantitative estimate of drug-likeness (QED) is 0.673. The maximum atomic E-state index is 12.1. The van der Waals surface area contributed by atoms with E-state index in [2.05, 4.69) is 5.32 Å². The molecule has 0 aromatic heterocycles. The zero-order valence-electron chi connectivity index (χ0n) is 9.93. The van der Waals surface area contributed by atoms with Crippen LogP contribution in [0.1, 0.15) is 46.5 Å². The predicted molar refractivity (Wildman–Crippen MR) is 58.5 cm³/mol. The maximum Gasteiger partial charge on any atom is 0.313 e. The smallest absolute Gasteiger partial charge is 0.313 e. The zero-order valence-corrected chi connectivity index (χ0v) is 9.93. The average Bonchev–Trinajstić information content (AvgIpc) is 2.41. The van der Waals surface area contributed by atoms with Gasteiger partial charge in [0.2, 0.25) is 0 Å². The van der Waals surface area contributed by atoms with Crippen LogP contribution in [0.15, 0.2) is 0 Å². The molecule has 2 atom stereocenters. The van der Waals surface area contributed by atoms with E-state index in [1.807, 2.05) is 20.8 Å². The molecule has 3 nitrogen and oxygen atoms in total. The van der Waals surface area contributed by atoms with Gasteiger partial charge in [0, 0.05) is 12.6 Å². The van der Waals surface area contributed by atoms with Crippen LogP contribution in [-0.2, 0) is 9.53 Å². The summed E-state index contributed by atoms with van der Waals surface area (Å²) in [7, 11) is 0. The second-order valence-electron chi connectivity index (χ2n) is 5.96. The summed E-state index contributed by atoms with van der Waals surface area (Å²) in [4.78, 5) is 12.1. The van der Waals surface area contributed by atoms with E-state index < -0.39 is 0 Å². The molecule has 0 spiro atoms. The lowest BCUT2D eigenvalue weighted by molar-refractivity contribution is -0.167. The second-order valence-corrected chi connectivity index (χ2v) is 5.96. The van der Waals surface area contributed by atoms with Crippen molar-refractivity contribution in [2.45, 2.75) is 58.1 Å². The first kappa shape index (κ1) is 10.9. The summed E-state index contributed by atoms with van der Waals surface area (Å²) in [6, 6.07) is 0.547. The molecule has 2 bridgehead atoms. The summed E-state index contributed by atoms with van der Waals surface area (Å²) >= 11 is 0. The van der Waals surface area contributed by atoms with E-state index in [0.29, 0.717) is 6.04 Å². The molecule has 1 N–H and O–H groups in total. The molecule has 0 radical (unpaired) electrons. The summed E-state index contributed by atoms with van der Waals surface area (Å²) in [5.41, 5.74) is -0.572. The Morgan fingerprint density at radius 3 is 2.87 bits per heavy atom. The molecular formula is C12H21NO2. The summed E-state index contributed by atoms with van der Waals surface area (Å²) in [5.74, 6) is 0.00435. The van der Waals surface area contributed by atoms with Crippen molar-refractivity contribution in [1.82, 2.24) is 5.32 Å². The van der Waals surface area contributed by atoms with Gasteiger partial charge in [0.15, 0.2) is 0 Å². The van der Waals surface area contributed by atoms with Crippen LogP contribution in [0.25, 0.3) is 0 Å². The third kappa shape index (κ3) is 2.17. The zero-order chi connectivity index (χ0) is 11.1. The number of carbonyl (C=O) groups is 1. The van der Waals surface area contributed by atoms with E-state index in [-0.39, 0.29) is 17.0 Å². The summed E-state index contributed by atoms with van der Waals surface area (Å²) in [6.07, 6.45) is 4.33. The Balaban J connectivity index is 2.06. The standard InChI is InChI=1S/C12H21NO2/c1-11(2,3)15-10(14)12-6-4-5-9(7-12)13-8-12/h9,13H,4-8H2,1-3H3. The molecule has 15 heavy (non-hydrogen) atoms. The molecule has 1 saturated carbocycles. The molecule has 2 rings (SSSR count). The van der Waals surface area contributed by atoms with Crippen molar-refractivity contribution >= 4 is 5.97 Å². The Hall–Kier alpha value is -0.570. The number of rotatable bonds is 1. The number of hydrogen-bond acceptors (Lipinski definition) is 3. The van der Waals surface area contributed by atoms with Gasteiger partial charge in [-0.05, 0) is 40.0 Å². The lowest BCUT2D eigenvalue weighted by Gasteiger charge is -2.32. The predicted octanol–water partition coefficient (Wildman–Crippen LogP) is 1.86. The highest BCUT2D eigenvalue weighted by Crippen LogP contribution is 2.42. The van der Waals surface area contributed by atoms with E-state index in [1.165, 1.54) is 6.42 Å². The molecular weight excluding hydrogens is 190 g/mol. The lowest BCUT2D eigenvalue weighted by atomic mass is 9.76. The Morgan fingerprint density at radius 2 is 2.20 bits per heavy atom. The molecule has 1 aliphatic carbocycles. The van der Waals surface area contributed by atoms with Crippen LogP contribution in [0.2, 0.25) is 0 Å². The second kappa shape index (κ2) is 3.48. The highest BCUT2D eigenvalue weighted by Gasteiger charge is 2.49. The minimum Gasteiger partial charge on any atom is -0.460 e. The number of esters is 1. The van der Waals surface area contributed by atoms with E-state index in [9.17, 15) is 4.79 Å². The first-order chi connectivity index (χ1) is 6.91. The molecule has 0 amide bonds. The van der Waals surface area contributed by atoms with Crippen molar-refractivity contribution in [3.05, 3.63) is 0 Å². The molecule has 3 heteroatoms. The van der Waals surface area contributed by atoms with Gasteiger partial charge in [0.05, 0.1) is 5.41 Å². The normalized spacial score (nSPS) is 35.3. The van der Waals surface area contributed by atoms with Crippen molar-refractivity contribution < 1.29 is 9.53 Å². The van der Waals surface area contributed by atoms with Gasteiger partial charge in [-0.3, -0.25) is 4.79 Å². The van der Waals surface area contributed by atoms with E-state index in [1.54, 1.807) is 0 Å². The van der Waals surface area contributed by atoms with Crippen molar-refractivity contribution in [2.75, 3.05) is 6.54 Å². The van der Waals surface area contributed by atoms with Crippen molar-refractivity contribution in [3.8, 4) is 0 Å². The molecule has 2 aliphatic rings. The topological polar surface area (TPSA) is 38.3 Å². The van der Waals surface area contributed by atoms with Gasteiger partial charge in [0.1, 0.15) is 5.60 Å². The Kier molecular flexibility index (Phi) is 2.53. The van der Waals surface area contributed by atoms with E-state index >= 15 is 0 Å².